The Morgan fingerprint density at radius 3 is 2.80 bits per heavy atom. The highest BCUT2D eigenvalue weighted by Gasteiger charge is 2.36. The minimum absolute atomic E-state index is 0.0606. The lowest BCUT2D eigenvalue weighted by molar-refractivity contribution is 0.0783. The molecule has 1 aromatic rings. The Bertz CT molecular complexity index is 576. The van der Waals surface area contributed by atoms with Gasteiger partial charge in [0.1, 0.15) is 5.75 Å². The first-order chi connectivity index (χ1) is 9.56. The van der Waals surface area contributed by atoms with E-state index in [1.54, 1.807) is 19.1 Å². The molecule has 2 atom stereocenters. The van der Waals surface area contributed by atoms with Crippen LogP contribution in [0.3, 0.4) is 0 Å². The molecule has 1 aliphatic heterocycles. The van der Waals surface area contributed by atoms with E-state index in [0.29, 0.717) is 23.0 Å². The van der Waals surface area contributed by atoms with Crippen LogP contribution in [0.5, 0.6) is 5.75 Å². The minimum Gasteiger partial charge on any atom is -0.508 e. The number of fused-ring (bicyclic) bond motifs is 1. The fraction of sp³-hybridized carbons (Fsp3) is 0.471. The van der Waals surface area contributed by atoms with Crippen LogP contribution in [0.25, 0.3) is 0 Å². The lowest BCUT2D eigenvalue weighted by Crippen LogP contribution is -2.29. The highest BCUT2D eigenvalue weighted by atomic mass is 16.3. The largest absolute Gasteiger partial charge is 0.508 e. The van der Waals surface area contributed by atoms with Gasteiger partial charge in [-0.05, 0) is 50.7 Å². The number of carbonyl (C=O) groups is 1. The Morgan fingerprint density at radius 1 is 1.25 bits per heavy atom. The highest BCUT2D eigenvalue weighted by Crippen LogP contribution is 2.36. The third-order valence-corrected chi connectivity index (χ3v) is 4.75. The predicted molar refractivity (Wildman–Crippen MR) is 78.7 cm³/mol. The van der Waals surface area contributed by atoms with Crippen molar-refractivity contribution in [3.8, 4) is 5.75 Å². The molecule has 1 heterocycles. The topological polar surface area (TPSA) is 40.5 Å². The second kappa shape index (κ2) is 4.97. The number of nitrogens with zero attached hydrogens (tertiary/aromatic N) is 1. The first-order valence-corrected chi connectivity index (χ1v) is 7.29. The van der Waals surface area contributed by atoms with Crippen LogP contribution in [0.2, 0.25) is 0 Å². The van der Waals surface area contributed by atoms with E-state index in [1.807, 2.05) is 11.0 Å². The van der Waals surface area contributed by atoms with E-state index >= 15 is 0 Å². The zero-order valence-corrected chi connectivity index (χ0v) is 12.1. The number of rotatable bonds is 1. The van der Waals surface area contributed by atoms with Gasteiger partial charge in [0.2, 0.25) is 0 Å². The summed E-state index contributed by atoms with van der Waals surface area (Å²) in [7, 11) is 0. The molecule has 3 rings (SSSR count). The molecule has 0 radical (unpaired) electrons. The summed E-state index contributed by atoms with van der Waals surface area (Å²) in [4.78, 5) is 14.6. The average Bonchev–Trinajstić information content (AvgIpc) is 2.84. The molecule has 2 aliphatic rings. The Labute approximate surface area is 119 Å². The van der Waals surface area contributed by atoms with E-state index in [2.05, 4.69) is 13.0 Å². The van der Waals surface area contributed by atoms with Gasteiger partial charge in [-0.2, -0.15) is 0 Å². The molecule has 1 aromatic carbocycles. The molecule has 0 spiro atoms. The number of aromatic hydroxyl groups is 1. The smallest absolute Gasteiger partial charge is 0.254 e. The lowest BCUT2D eigenvalue weighted by atomic mass is 9.83. The zero-order chi connectivity index (χ0) is 14.3. The van der Waals surface area contributed by atoms with Crippen LogP contribution in [0.1, 0.15) is 35.7 Å². The Balaban J connectivity index is 1.78. The number of hydrogen-bond donors (Lipinski definition) is 1. The van der Waals surface area contributed by atoms with E-state index in [4.69, 9.17) is 0 Å². The van der Waals surface area contributed by atoms with Crippen LogP contribution in [-0.4, -0.2) is 29.0 Å². The van der Waals surface area contributed by atoms with Gasteiger partial charge in [0.25, 0.3) is 5.91 Å². The summed E-state index contributed by atoms with van der Waals surface area (Å²) in [5.41, 5.74) is 2.77. The van der Waals surface area contributed by atoms with Crippen molar-refractivity contribution < 1.29 is 9.90 Å². The van der Waals surface area contributed by atoms with Crippen molar-refractivity contribution in [1.29, 1.82) is 0 Å². The van der Waals surface area contributed by atoms with Gasteiger partial charge in [-0.3, -0.25) is 4.79 Å². The van der Waals surface area contributed by atoms with Gasteiger partial charge in [-0.25, -0.2) is 0 Å². The van der Waals surface area contributed by atoms with Crippen LogP contribution in [0.15, 0.2) is 29.8 Å². The molecule has 0 unspecified atom stereocenters. The summed E-state index contributed by atoms with van der Waals surface area (Å²) >= 11 is 0. The number of amides is 1. The van der Waals surface area contributed by atoms with Gasteiger partial charge in [0.15, 0.2) is 0 Å². The van der Waals surface area contributed by atoms with Crippen molar-refractivity contribution in [2.24, 2.45) is 11.8 Å². The summed E-state index contributed by atoms with van der Waals surface area (Å²) in [6, 6.07) is 5.18. The van der Waals surface area contributed by atoms with E-state index < -0.39 is 0 Å². The molecular formula is C17H21NO2. The number of hydrogen-bond acceptors (Lipinski definition) is 2. The first-order valence-electron chi connectivity index (χ1n) is 7.29. The van der Waals surface area contributed by atoms with E-state index in [0.717, 1.165) is 25.9 Å². The number of likely N-dealkylation sites (tertiary alicyclic amines) is 1. The second-order valence-electron chi connectivity index (χ2n) is 6.17. The van der Waals surface area contributed by atoms with Gasteiger partial charge in [-0.15, -0.1) is 0 Å². The van der Waals surface area contributed by atoms with Gasteiger partial charge in [0, 0.05) is 24.2 Å². The Morgan fingerprint density at radius 2 is 2.00 bits per heavy atom. The third kappa shape index (κ3) is 2.21. The highest BCUT2D eigenvalue weighted by molar-refractivity contribution is 5.96. The quantitative estimate of drug-likeness (QED) is 0.797. The fourth-order valence-corrected chi connectivity index (χ4v) is 3.48. The summed E-state index contributed by atoms with van der Waals surface area (Å²) in [5, 5.41) is 9.75. The molecule has 0 bridgehead atoms. The number of phenols is 1. The molecular weight excluding hydrogens is 250 g/mol. The van der Waals surface area contributed by atoms with Crippen LogP contribution < -0.4 is 0 Å². The lowest BCUT2D eigenvalue weighted by Gasteiger charge is -2.21. The van der Waals surface area contributed by atoms with Gasteiger partial charge < -0.3 is 10.0 Å². The minimum atomic E-state index is 0.0606. The molecule has 20 heavy (non-hydrogen) atoms. The van der Waals surface area contributed by atoms with Crippen LogP contribution in [0, 0.1) is 18.8 Å². The van der Waals surface area contributed by atoms with Crippen LogP contribution in [-0.2, 0) is 0 Å². The molecule has 1 N–H and O–H groups in total. The van der Waals surface area contributed by atoms with E-state index in [9.17, 15) is 9.90 Å². The van der Waals surface area contributed by atoms with Crippen LogP contribution >= 0.6 is 0 Å². The van der Waals surface area contributed by atoms with Crippen LogP contribution in [0.4, 0.5) is 0 Å². The van der Waals surface area contributed by atoms with Crippen molar-refractivity contribution >= 4 is 5.91 Å². The average molecular weight is 271 g/mol. The summed E-state index contributed by atoms with van der Waals surface area (Å²) in [5.74, 6) is 1.48. The molecule has 106 valence electrons. The molecule has 0 aromatic heterocycles. The SMILES string of the molecule is CC1=CC[C@H]2CN(C(=O)c3cccc(O)c3C)C[C@H]2C1. The number of carbonyl (C=O) groups excluding carboxylic acids is 1. The van der Waals surface area contributed by atoms with Crippen molar-refractivity contribution in [2.75, 3.05) is 13.1 Å². The first kappa shape index (κ1) is 13.2. The van der Waals surface area contributed by atoms with Gasteiger partial charge >= 0.3 is 0 Å². The molecule has 1 amide bonds. The van der Waals surface area contributed by atoms with E-state index in [1.165, 1.54) is 5.57 Å². The second-order valence-corrected chi connectivity index (χ2v) is 6.17. The maximum atomic E-state index is 12.6. The molecule has 3 nitrogen and oxygen atoms in total. The Kier molecular flexibility index (Phi) is 3.28. The molecule has 1 aliphatic carbocycles. The number of phenolic OH excluding ortho intramolecular Hbond substituents is 1. The number of benzene rings is 1. The standard InChI is InChI=1S/C17H21NO2/c1-11-6-7-13-9-18(10-14(13)8-11)17(20)15-4-3-5-16(19)12(15)2/h3-6,13-14,19H,7-10H2,1-2H3/t13-,14+/m0/s1. The monoisotopic (exact) mass is 271 g/mol. The van der Waals surface area contributed by atoms with E-state index in [-0.39, 0.29) is 11.7 Å². The molecule has 1 saturated heterocycles. The Hall–Kier alpha value is -1.77. The molecule has 3 heteroatoms. The predicted octanol–water partition coefficient (Wildman–Crippen LogP) is 3.13. The number of allylic oxidation sites excluding steroid dienone is 2. The van der Waals surface area contributed by atoms with Crippen molar-refractivity contribution in [3.63, 3.8) is 0 Å². The van der Waals surface area contributed by atoms with Crippen molar-refractivity contribution in [3.05, 3.63) is 41.0 Å². The summed E-state index contributed by atoms with van der Waals surface area (Å²) in [6.07, 6.45) is 4.53. The zero-order valence-electron chi connectivity index (χ0n) is 12.1. The van der Waals surface area contributed by atoms with Gasteiger partial charge in [-0.1, -0.05) is 17.7 Å². The maximum Gasteiger partial charge on any atom is 0.254 e. The summed E-state index contributed by atoms with van der Waals surface area (Å²) in [6.45, 7) is 5.68. The van der Waals surface area contributed by atoms with Gasteiger partial charge in [0.05, 0.1) is 0 Å². The fourth-order valence-electron chi connectivity index (χ4n) is 3.48. The molecule has 0 saturated carbocycles. The maximum absolute atomic E-state index is 12.6. The van der Waals surface area contributed by atoms with Crippen molar-refractivity contribution in [1.82, 2.24) is 4.90 Å². The van der Waals surface area contributed by atoms with Crippen molar-refractivity contribution in [2.45, 2.75) is 26.7 Å². The summed E-state index contributed by atoms with van der Waals surface area (Å²) < 4.78 is 0. The normalized spacial score (nSPS) is 25.3. The molecule has 1 fully saturated rings. The third-order valence-electron chi connectivity index (χ3n) is 4.75.